The number of likely N-dealkylation sites (tertiary alicyclic amines) is 2. The zero-order chi connectivity index (χ0) is 17.7. The summed E-state index contributed by atoms with van der Waals surface area (Å²) in [6.45, 7) is 5.46. The van der Waals surface area contributed by atoms with E-state index in [0.717, 1.165) is 39.1 Å². The third-order valence-corrected chi connectivity index (χ3v) is 5.69. The molecule has 138 valence electrons. The zero-order valence-electron chi connectivity index (χ0n) is 15.3. The van der Waals surface area contributed by atoms with Crippen LogP contribution in [-0.4, -0.2) is 66.2 Å². The van der Waals surface area contributed by atoms with E-state index in [1.807, 2.05) is 7.05 Å². The molecule has 0 spiro atoms. The van der Waals surface area contributed by atoms with Gasteiger partial charge in [-0.1, -0.05) is 30.3 Å². The first kappa shape index (κ1) is 18.4. The van der Waals surface area contributed by atoms with Gasteiger partial charge in [-0.3, -0.25) is 9.69 Å². The summed E-state index contributed by atoms with van der Waals surface area (Å²) in [5, 5.41) is 13.5. The van der Waals surface area contributed by atoms with Crippen molar-refractivity contribution in [3.05, 3.63) is 35.9 Å². The molecule has 0 aromatic heterocycles. The summed E-state index contributed by atoms with van der Waals surface area (Å²) < 4.78 is 0. The van der Waals surface area contributed by atoms with Crippen molar-refractivity contribution in [2.24, 2.45) is 5.92 Å². The highest BCUT2D eigenvalue weighted by molar-refractivity contribution is 5.85. The van der Waals surface area contributed by atoms with Crippen LogP contribution in [0.25, 0.3) is 0 Å². The van der Waals surface area contributed by atoms with Gasteiger partial charge in [-0.2, -0.15) is 0 Å². The molecule has 2 fully saturated rings. The van der Waals surface area contributed by atoms with Crippen LogP contribution in [0.15, 0.2) is 30.3 Å². The predicted octanol–water partition coefficient (Wildman–Crippen LogP) is 1.47. The van der Waals surface area contributed by atoms with E-state index in [1.54, 1.807) is 0 Å². The van der Waals surface area contributed by atoms with Crippen molar-refractivity contribution in [1.29, 1.82) is 0 Å². The van der Waals surface area contributed by atoms with Crippen molar-refractivity contribution >= 4 is 5.91 Å². The summed E-state index contributed by atoms with van der Waals surface area (Å²) >= 11 is 0. The molecule has 1 aromatic carbocycles. The number of rotatable bonds is 6. The molecule has 0 unspecified atom stereocenters. The first-order chi connectivity index (χ1) is 12.0. The van der Waals surface area contributed by atoms with Crippen LogP contribution in [0.5, 0.6) is 0 Å². The minimum atomic E-state index is -1.17. The Balaban J connectivity index is 1.36. The van der Waals surface area contributed by atoms with Gasteiger partial charge in [0.15, 0.2) is 0 Å². The number of amides is 1. The van der Waals surface area contributed by atoms with Gasteiger partial charge in [-0.05, 0) is 50.8 Å². The Hall–Kier alpha value is -1.43. The summed E-state index contributed by atoms with van der Waals surface area (Å²) in [6.07, 6.45) is 3.25. The molecule has 0 aliphatic carbocycles. The molecule has 5 heteroatoms. The first-order valence-electron chi connectivity index (χ1n) is 9.51. The van der Waals surface area contributed by atoms with E-state index in [2.05, 4.69) is 45.4 Å². The smallest absolute Gasteiger partial charge is 0.252 e. The molecular weight excluding hydrogens is 314 g/mol. The number of hydrogen-bond donors (Lipinski definition) is 2. The SMILES string of the molecule is CN1CCC(O)(C(=O)NCC[C@H]2CCN(Cc3ccccc3)C2)CC1. The highest BCUT2D eigenvalue weighted by Gasteiger charge is 2.38. The van der Waals surface area contributed by atoms with E-state index >= 15 is 0 Å². The van der Waals surface area contributed by atoms with Gasteiger partial charge in [-0.25, -0.2) is 0 Å². The lowest BCUT2D eigenvalue weighted by Gasteiger charge is -2.35. The lowest BCUT2D eigenvalue weighted by molar-refractivity contribution is -0.144. The van der Waals surface area contributed by atoms with Gasteiger partial charge < -0.3 is 15.3 Å². The molecule has 0 bridgehead atoms. The van der Waals surface area contributed by atoms with Crippen molar-refractivity contribution in [3.63, 3.8) is 0 Å². The van der Waals surface area contributed by atoms with Crippen LogP contribution >= 0.6 is 0 Å². The molecule has 1 aromatic rings. The fourth-order valence-corrected chi connectivity index (χ4v) is 3.90. The Morgan fingerprint density at radius 3 is 2.68 bits per heavy atom. The molecule has 1 atom stereocenters. The molecule has 2 N–H and O–H groups in total. The number of hydrogen-bond acceptors (Lipinski definition) is 4. The number of nitrogens with zero attached hydrogens (tertiary/aromatic N) is 2. The van der Waals surface area contributed by atoms with E-state index in [4.69, 9.17) is 0 Å². The maximum Gasteiger partial charge on any atom is 0.252 e. The highest BCUT2D eigenvalue weighted by atomic mass is 16.3. The van der Waals surface area contributed by atoms with Gasteiger partial charge in [0.25, 0.3) is 5.91 Å². The topological polar surface area (TPSA) is 55.8 Å². The molecule has 5 nitrogen and oxygen atoms in total. The molecule has 1 amide bonds. The fraction of sp³-hybridized carbons (Fsp3) is 0.650. The van der Waals surface area contributed by atoms with E-state index in [1.165, 1.54) is 12.0 Å². The lowest BCUT2D eigenvalue weighted by Crippen LogP contribution is -2.53. The Kier molecular flexibility index (Phi) is 6.10. The molecule has 0 saturated carbocycles. The van der Waals surface area contributed by atoms with E-state index in [-0.39, 0.29) is 5.91 Å². The normalized spacial score (nSPS) is 24.3. The number of carbonyl (C=O) groups excluding carboxylic acids is 1. The van der Waals surface area contributed by atoms with Crippen LogP contribution in [0.1, 0.15) is 31.2 Å². The summed E-state index contributed by atoms with van der Waals surface area (Å²) in [6, 6.07) is 10.6. The van der Waals surface area contributed by atoms with Crippen LogP contribution in [0.4, 0.5) is 0 Å². The van der Waals surface area contributed by atoms with Crippen LogP contribution in [-0.2, 0) is 11.3 Å². The van der Waals surface area contributed by atoms with Gasteiger partial charge in [0.1, 0.15) is 5.60 Å². The standard InChI is InChI=1S/C20H31N3O2/c1-22-13-9-20(25,10-14-22)19(24)21-11-7-18-8-12-23(16-18)15-17-5-3-2-4-6-17/h2-6,18,25H,7-16H2,1H3,(H,21,24)/t18-/m0/s1. The molecule has 2 saturated heterocycles. The predicted molar refractivity (Wildman–Crippen MR) is 99.1 cm³/mol. The van der Waals surface area contributed by atoms with Gasteiger partial charge in [0.05, 0.1) is 0 Å². The minimum absolute atomic E-state index is 0.181. The molecule has 0 radical (unpaired) electrons. The second-order valence-corrected chi connectivity index (χ2v) is 7.75. The van der Waals surface area contributed by atoms with Crippen LogP contribution in [0, 0.1) is 5.92 Å². The van der Waals surface area contributed by atoms with Crippen molar-refractivity contribution in [2.75, 3.05) is 39.8 Å². The van der Waals surface area contributed by atoms with Crippen molar-refractivity contribution < 1.29 is 9.90 Å². The van der Waals surface area contributed by atoms with Crippen LogP contribution in [0.2, 0.25) is 0 Å². The number of benzene rings is 1. The molecule has 2 aliphatic rings. The van der Waals surface area contributed by atoms with Gasteiger partial charge in [0, 0.05) is 32.7 Å². The van der Waals surface area contributed by atoms with E-state index in [0.29, 0.717) is 25.3 Å². The minimum Gasteiger partial charge on any atom is -0.380 e. The summed E-state index contributed by atoms with van der Waals surface area (Å²) in [7, 11) is 2.03. The summed E-state index contributed by atoms with van der Waals surface area (Å²) in [4.78, 5) is 17.0. The Morgan fingerprint density at radius 2 is 1.96 bits per heavy atom. The Bertz CT molecular complexity index is 555. The van der Waals surface area contributed by atoms with Crippen molar-refractivity contribution in [3.8, 4) is 0 Å². The summed E-state index contributed by atoms with van der Waals surface area (Å²) in [5.41, 5.74) is 0.197. The monoisotopic (exact) mass is 345 g/mol. The fourth-order valence-electron chi connectivity index (χ4n) is 3.90. The molecular formula is C20H31N3O2. The number of nitrogens with one attached hydrogen (secondary N) is 1. The maximum absolute atomic E-state index is 12.3. The first-order valence-corrected chi connectivity index (χ1v) is 9.51. The summed E-state index contributed by atoms with van der Waals surface area (Å²) in [5.74, 6) is 0.455. The van der Waals surface area contributed by atoms with Crippen molar-refractivity contribution in [2.45, 2.75) is 37.8 Å². The molecule has 25 heavy (non-hydrogen) atoms. The number of piperidine rings is 1. The van der Waals surface area contributed by atoms with Gasteiger partial charge >= 0.3 is 0 Å². The average Bonchev–Trinajstić information content (AvgIpc) is 3.06. The molecule has 2 aliphatic heterocycles. The second kappa shape index (κ2) is 8.30. The third kappa shape index (κ3) is 5.03. The zero-order valence-corrected chi connectivity index (χ0v) is 15.3. The Labute approximate surface area is 151 Å². The quantitative estimate of drug-likeness (QED) is 0.820. The average molecular weight is 345 g/mol. The lowest BCUT2D eigenvalue weighted by atomic mass is 9.90. The Morgan fingerprint density at radius 1 is 1.24 bits per heavy atom. The number of aliphatic hydroxyl groups is 1. The van der Waals surface area contributed by atoms with Crippen molar-refractivity contribution in [1.82, 2.24) is 15.1 Å². The van der Waals surface area contributed by atoms with E-state index in [9.17, 15) is 9.90 Å². The van der Waals surface area contributed by atoms with Gasteiger partial charge in [-0.15, -0.1) is 0 Å². The third-order valence-electron chi connectivity index (χ3n) is 5.69. The molecule has 2 heterocycles. The largest absolute Gasteiger partial charge is 0.380 e. The van der Waals surface area contributed by atoms with Crippen LogP contribution in [0.3, 0.4) is 0 Å². The molecule has 3 rings (SSSR count). The van der Waals surface area contributed by atoms with Gasteiger partial charge in [0.2, 0.25) is 0 Å². The van der Waals surface area contributed by atoms with Crippen LogP contribution < -0.4 is 5.32 Å². The highest BCUT2D eigenvalue weighted by Crippen LogP contribution is 2.23. The second-order valence-electron chi connectivity index (χ2n) is 7.75. The maximum atomic E-state index is 12.3. The number of carbonyl (C=O) groups is 1. The van der Waals surface area contributed by atoms with E-state index < -0.39 is 5.60 Å².